The Morgan fingerprint density at radius 2 is 2.13 bits per heavy atom. The van der Waals surface area contributed by atoms with Gasteiger partial charge in [0, 0.05) is 0 Å². The average Bonchev–Trinajstić information content (AvgIpc) is 2.84. The van der Waals surface area contributed by atoms with E-state index in [1.807, 2.05) is 37.3 Å². The second-order valence-corrected chi connectivity index (χ2v) is 4.95. The van der Waals surface area contributed by atoms with Gasteiger partial charge in [-0.3, -0.25) is 9.78 Å². The van der Waals surface area contributed by atoms with Gasteiger partial charge < -0.3 is 0 Å². The standard InChI is InChI=1S/C14H12ClN7O/c1-9-11(7-16-19-14-18-12(23)8-17-20-14)13(15)22(21-9)10-5-3-2-4-6-10/h2-8H,1H3,(H2,18,19,20,23)/b16-7+. The Morgan fingerprint density at radius 3 is 2.87 bits per heavy atom. The number of H-pyrrole nitrogens is 1. The molecule has 8 nitrogen and oxygen atoms in total. The predicted octanol–water partition coefficient (Wildman–Crippen LogP) is 1.76. The Balaban J connectivity index is 1.85. The summed E-state index contributed by atoms with van der Waals surface area (Å²) >= 11 is 6.37. The number of hydrogen-bond donors (Lipinski definition) is 2. The Morgan fingerprint density at radius 1 is 1.35 bits per heavy atom. The predicted molar refractivity (Wildman–Crippen MR) is 87.2 cm³/mol. The SMILES string of the molecule is Cc1nn(-c2ccccc2)c(Cl)c1/C=N/Nc1nncc(=O)[nH]1. The van der Waals surface area contributed by atoms with Crippen LogP contribution in [-0.4, -0.2) is 31.2 Å². The summed E-state index contributed by atoms with van der Waals surface area (Å²) in [5, 5.41) is 16.0. The van der Waals surface area contributed by atoms with E-state index in [0.717, 1.165) is 17.6 Å². The van der Waals surface area contributed by atoms with Crippen molar-refractivity contribution in [2.75, 3.05) is 5.43 Å². The number of hydrazone groups is 1. The quantitative estimate of drug-likeness (QED) is 0.561. The first-order valence-electron chi connectivity index (χ1n) is 6.67. The van der Waals surface area contributed by atoms with Crippen LogP contribution < -0.4 is 11.0 Å². The van der Waals surface area contributed by atoms with E-state index in [1.54, 1.807) is 4.68 Å². The third-order valence-corrected chi connectivity index (χ3v) is 3.35. The number of halogens is 1. The first-order valence-corrected chi connectivity index (χ1v) is 7.04. The van der Waals surface area contributed by atoms with Gasteiger partial charge in [0.15, 0.2) is 0 Å². The van der Waals surface area contributed by atoms with Crippen molar-refractivity contribution in [2.24, 2.45) is 5.10 Å². The minimum atomic E-state index is -0.371. The van der Waals surface area contributed by atoms with Crippen molar-refractivity contribution in [3.05, 3.63) is 63.3 Å². The maximum absolute atomic E-state index is 11.1. The zero-order valence-electron chi connectivity index (χ0n) is 12.1. The van der Waals surface area contributed by atoms with Crippen LogP contribution >= 0.6 is 11.6 Å². The lowest BCUT2D eigenvalue weighted by Crippen LogP contribution is -2.10. The summed E-state index contributed by atoms with van der Waals surface area (Å²) in [5.74, 6) is 0.137. The number of aromatic nitrogens is 5. The lowest BCUT2D eigenvalue weighted by atomic mass is 10.3. The first kappa shape index (κ1) is 14.9. The summed E-state index contributed by atoms with van der Waals surface area (Å²) in [4.78, 5) is 13.6. The van der Waals surface area contributed by atoms with Gasteiger partial charge in [-0.05, 0) is 19.1 Å². The van der Waals surface area contributed by atoms with Crippen LogP contribution in [0.5, 0.6) is 0 Å². The van der Waals surface area contributed by atoms with Gasteiger partial charge in [-0.25, -0.2) is 10.1 Å². The molecule has 0 aliphatic rings. The van der Waals surface area contributed by atoms with Crippen molar-refractivity contribution in [1.29, 1.82) is 0 Å². The van der Waals surface area contributed by atoms with E-state index in [0.29, 0.717) is 10.7 Å². The van der Waals surface area contributed by atoms with Crippen molar-refractivity contribution in [2.45, 2.75) is 6.92 Å². The van der Waals surface area contributed by atoms with E-state index in [2.05, 4.69) is 30.8 Å². The fourth-order valence-electron chi connectivity index (χ4n) is 1.92. The molecule has 23 heavy (non-hydrogen) atoms. The summed E-state index contributed by atoms with van der Waals surface area (Å²) < 4.78 is 1.63. The van der Waals surface area contributed by atoms with Crippen LogP contribution in [0.3, 0.4) is 0 Å². The van der Waals surface area contributed by atoms with Crippen molar-refractivity contribution >= 4 is 23.8 Å². The van der Waals surface area contributed by atoms with Gasteiger partial charge >= 0.3 is 0 Å². The van der Waals surface area contributed by atoms with Crippen LogP contribution in [0, 0.1) is 6.92 Å². The molecule has 0 saturated carbocycles. The molecule has 0 amide bonds. The second-order valence-electron chi connectivity index (χ2n) is 4.59. The third-order valence-electron chi connectivity index (χ3n) is 2.99. The molecule has 0 radical (unpaired) electrons. The third kappa shape index (κ3) is 3.27. The molecule has 0 saturated heterocycles. The lowest BCUT2D eigenvalue weighted by molar-refractivity contribution is 0.863. The van der Waals surface area contributed by atoms with Gasteiger partial charge in [0.25, 0.3) is 5.56 Å². The first-order chi connectivity index (χ1) is 11.1. The van der Waals surface area contributed by atoms with Crippen molar-refractivity contribution in [3.8, 4) is 5.69 Å². The van der Waals surface area contributed by atoms with Gasteiger partial charge in [-0.1, -0.05) is 29.8 Å². The normalized spacial score (nSPS) is 11.0. The molecule has 9 heteroatoms. The molecule has 0 fully saturated rings. The highest BCUT2D eigenvalue weighted by Gasteiger charge is 2.12. The van der Waals surface area contributed by atoms with Gasteiger partial charge in [-0.2, -0.15) is 10.2 Å². The maximum Gasteiger partial charge on any atom is 0.271 e. The number of nitrogens with zero attached hydrogens (tertiary/aromatic N) is 5. The molecule has 2 aromatic heterocycles. The molecule has 0 spiro atoms. The van der Waals surface area contributed by atoms with Crippen LogP contribution in [0.4, 0.5) is 5.95 Å². The topological polar surface area (TPSA) is 101 Å². The average molecular weight is 330 g/mol. The Bertz CT molecular complexity index is 901. The molecule has 3 aromatic rings. The molecule has 2 N–H and O–H groups in total. The molecule has 116 valence electrons. The molecule has 0 atom stereocenters. The Hall–Kier alpha value is -3.00. The second kappa shape index (κ2) is 6.41. The van der Waals surface area contributed by atoms with E-state index in [9.17, 15) is 4.79 Å². The van der Waals surface area contributed by atoms with Gasteiger partial charge in [0.05, 0.1) is 23.2 Å². The fourth-order valence-corrected chi connectivity index (χ4v) is 2.24. The highest BCUT2D eigenvalue weighted by molar-refractivity contribution is 6.32. The molecule has 0 aliphatic heterocycles. The maximum atomic E-state index is 11.1. The van der Waals surface area contributed by atoms with E-state index >= 15 is 0 Å². The van der Waals surface area contributed by atoms with Crippen LogP contribution in [0.1, 0.15) is 11.3 Å². The molecule has 0 bridgehead atoms. The number of aryl methyl sites for hydroxylation is 1. The number of benzene rings is 1. The lowest BCUT2D eigenvalue weighted by Gasteiger charge is -2.01. The molecular weight excluding hydrogens is 318 g/mol. The van der Waals surface area contributed by atoms with E-state index in [4.69, 9.17) is 11.6 Å². The van der Waals surface area contributed by atoms with Crippen LogP contribution in [0.15, 0.2) is 46.4 Å². The van der Waals surface area contributed by atoms with Gasteiger partial charge in [0.1, 0.15) is 11.3 Å². The molecule has 0 unspecified atom stereocenters. The summed E-state index contributed by atoms with van der Waals surface area (Å²) in [7, 11) is 0. The van der Waals surface area contributed by atoms with E-state index < -0.39 is 0 Å². The summed E-state index contributed by atoms with van der Waals surface area (Å²) in [5.41, 5.74) is 4.44. The monoisotopic (exact) mass is 329 g/mol. The van der Waals surface area contributed by atoms with Crippen molar-refractivity contribution in [3.63, 3.8) is 0 Å². The van der Waals surface area contributed by atoms with Crippen molar-refractivity contribution in [1.82, 2.24) is 25.0 Å². The molecule has 3 rings (SSSR count). The van der Waals surface area contributed by atoms with Crippen LogP contribution in [0.2, 0.25) is 5.15 Å². The number of aromatic amines is 1. The fraction of sp³-hybridized carbons (Fsp3) is 0.0714. The minimum Gasteiger partial charge on any atom is -0.289 e. The number of nitrogens with one attached hydrogen (secondary N) is 2. The largest absolute Gasteiger partial charge is 0.289 e. The number of hydrogen-bond acceptors (Lipinski definition) is 6. The molecular formula is C14H12ClN7O. The van der Waals surface area contributed by atoms with Gasteiger partial charge in [-0.15, -0.1) is 10.2 Å². The molecule has 0 aliphatic carbocycles. The minimum absolute atomic E-state index is 0.137. The zero-order valence-corrected chi connectivity index (χ0v) is 12.8. The highest BCUT2D eigenvalue weighted by atomic mass is 35.5. The number of para-hydroxylation sites is 1. The number of rotatable bonds is 4. The van der Waals surface area contributed by atoms with Crippen LogP contribution in [0.25, 0.3) is 5.69 Å². The summed E-state index contributed by atoms with van der Waals surface area (Å²) in [6, 6.07) is 9.54. The highest BCUT2D eigenvalue weighted by Crippen LogP contribution is 2.21. The summed E-state index contributed by atoms with van der Waals surface area (Å²) in [6.07, 6.45) is 2.58. The Labute approximate surface area is 135 Å². The molecule has 1 aromatic carbocycles. The van der Waals surface area contributed by atoms with E-state index in [-0.39, 0.29) is 11.5 Å². The van der Waals surface area contributed by atoms with Gasteiger partial charge in [0.2, 0.25) is 5.95 Å². The smallest absolute Gasteiger partial charge is 0.271 e. The van der Waals surface area contributed by atoms with Crippen molar-refractivity contribution < 1.29 is 0 Å². The summed E-state index contributed by atoms with van der Waals surface area (Å²) in [6.45, 7) is 1.83. The Kier molecular flexibility index (Phi) is 4.15. The molecule has 2 heterocycles. The number of anilines is 1. The van der Waals surface area contributed by atoms with E-state index in [1.165, 1.54) is 6.21 Å². The zero-order chi connectivity index (χ0) is 16.2. The van der Waals surface area contributed by atoms with Crippen LogP contribution in [-0.2, 0) is 0 Å².